The molecule has 5 nitrogen and oxygen atoms in total. The van der Waals surface area contributed by atoms with Gasteiger partial charge in [-0.25, -0.2) is 8.42 Å². The molecule has 1 N–H and O–H groups in total. The molecule has 0 spiro atoms. The fraction of sp³-hybridized carbons (Fsp3) is 0.278. The minimum absolute atomic E-state index is 0.150. The van der Waals surface area contributed by atoms with Gasteiger partial charge in [0.25, 0.3) is 10.0 Å². The lowest BCUT2D eigenvalue weighted by Gasteiger charge is -2.27. The summed E-state index contributed by atoms with van der Waals surface area (Å²) < 4.78 is 27.1. The number of sulfonamides is 1. The predicted molar refractivity (Wildman–Crippen MR) is 95.3 cm³/mol. The van der Waals surface area contributed by atoms with Crippen molar-refractivity contribution in [3.05, 3.63) is 60.7 Å². The van der Waals surface area contributed by atoms with Gasteiger partial charge in [0.05, 0.1) is 10.6 Å². The highest BCUT2D eigenvalue weighted by Gasteiger charge is 2.28. The highest BCUT2D eigenvalue weighted by molar-refractivity contribution is 7.92. The van der Waals surface area contributed by atoms with Crippen LogP contribution in [0.4, 0.5) is 5.69 Å². The van der Waals surface area contributed by atoms with E-state index in [0.29, 0.717) is 5.69 Å². The van der Waals surface area contributed by atoms with Crippen LogP contribution in [0.25, 0.3) is 0 Å². The van der Waals surface area contributed by atoms with Crippen molar-refractivity contribution < 1.29 is 13.2 Å². The molecule has 1 amide bonds. The summed E-state index contributed by atoms with van der Waals surface area (Å²) in [6.07, 6.45) is 0. The van der Waals surface area contributed by atoms with Crippen molar-refractivity contribution in [3.8, 4) is 0 Å². The van der Waals surface area contributed by atoms with E-state index in [1.54, 1.807) is 48.5 Å². The molecule has 0 bridgehead atoms. The van der Waals surface area contributed by atoms with Crippen LogP contribution in [0.5, 0.6) is 0 Å². The smallest absolute Gasteiger partial charge is 0.264 e. The highest BCUT2D eigenvalue weighted by Crippen LogP contribution is 2.23. The van der Waals surface area contributed by atoms with Crippen molar-refractivity contribution in [2.45, 2.75) is 31.2 Å². The van der Waals surface area contributed by atoms with E-state index in [2.05, 4.69) is 5.32 Å². The third kappa shape index (κ3) is 4.58. The summed E-state index contributed by atoms with van der Waals surface area (Å²) in [6, 6.07) is 16.7. The number of rotatable bonds is 5. The predicted octanol–water partition coefficient (Wildman–Crippen LogP) is 2.80. The van der Waals surface area contributed by atoms with Crippen LogP contribution in [0.1, 0.15) is 20.8 Å². The van der Waals surface area contributed by atoms with E-state index < -0.39 is 15.6 Å². The molecule has 0 aliphatic heterocycles. The van der Waals surface area contributed by atoms with Crippen LogP contribution in [-0.4, -0.2) is 26.4 Å². The third-order valence-corrected chi connectivity index (χ3v) is 4.97. The number of benzene rings is 2. The zero-order chi connectivity index (χ0) is 17.8. The summed E-state index contributed by atoms with van der Waals surface area (Å²) in [7, 11) is -3.83. The number of carbonyl (C=O) groups excluding carboxylic acids is 1. The lowest BCUT2D eigenvalue weighted by molar-refractivity contribution is -0.121. The van der Waals surface area contributed by atoms with Gasteiger partial charge in [0, 0.05) is 5.54 Å². The molecule has 0 fully saturated rings. The third-order valence-electron chi connectivity index (χ3n) is 3.18. The quantitative estimate of drug-likeness (QED) is 0.905. The maximum atomic E-state index is 13.0. The summed E-state index contributed by atoms with van der Waals surface area (Å²) in [5.41, 5.74) is 0.0149. The fourth-order valence-corrected chi connectivity index (χ4v) is 3.66. The number of hydrogen-bond acceptors (Lipinski definition) is 3. The molecule has 2 rings (SSSR count). The monoisotopic (exact) mass is 346 g/mol. The molecule has 0 heterocycles. The minimum atomic E-state index is -3.83. The van der Waals surface area contributed by atoms with Crippen LogP contribution in [-0.2, 0) is 14.8 Å². The highest BCUT2D eigenvalue weighted by atomic mass is 32.2. The lowest BCUT2D eigenvalue weighted by atomic mass is 10.1. The van der Waals surface area contributed by atoms with Crippen molar-refractivity contribution in [1.82, 2.24) is 5.32 Å². The molecule has 0 saturated heterocycles. The second kappa shape index (κ2) is 7.05. The molecule has 2 aromatic rings. The summed E-state index contributed by atoms with van der Waals surface area (Å²) in [5.74, 6) is -0.356. The Morgan fingerprint density at radius 2 is 1.46 bits per heavy atom. The average Bonchev–Trinajstić information content (AvgIpc) is 2.52. The maximum Gasteiger partial charge on any atom is 0.264 e. The number of nitrogens with one attached hydrogen (secondary N) is 1. The first kappa shape index (κ1) is 18.0. The summed E-state index contributed by atoms with van der Waals surface area (Å²) in [6.45, 7) is 5.27. The van der Waals surface area contributed by atoms with E-state index in [4.69, 9.17) is 0 Å². The molecule has 0 aliphatic rings. The molecule has 0 atom stereocenters. The van der Waals surface area contributed by atoms with Crippen molar-refractivity contribution in [3.63, 3.8) is 0 Å². The Morgan fingerprint density at radius 3 is 1.96 bits per heavy atom. The number of amides is 1. The van der Waals surface area contributed by atoms with Crippen molar-refractivity contribution in [2.24, 2.45) is 0 Å². The average molecular weight is 346 g/mol. The Bertz CT molecular complexity index is 782. The van der Waals surface area contributed by atoms with Gasteiger partial charge in [0.15, 0.2) is 0 Å². The second-order valence-corrected chi connectivity index (χ2v) is 8.32. The minimum Gasteiger partial charge on any atom is -0.350 e. The molecular formula is C18H22N2O3S. The first-order chi connectivity index (χ1) is 11.2. The van der Waals surface area contributed by atoms with Crippen LogP contribution < -0.4 is 9.62 Å². The van der Waals surface area contributed by atoms with Gasteiger partial charge in [0.2, 0.25) is 5.91 Å². The van der Waals surface area contributed by atoms with E-state index in [1.165, 1.54) is 12.1 Å². The number of carbonyl (C=O) groups is 1. The number of hydrogen-bond donors (Lipinski definition) is 1. The summed E-state index contributed by atoms with van der Waals surface area (Å²) >= 11 is 0. The van der Waals surface area contributed by atoms with E-state index >= 15 is 0 Å². The number of nitrogens with zero attached hydrogens (tertiary/aromatic N) is 1. The van der Waals surface area contributed by atoms with Gasteiger partial charge in [-0.1, -0.05) is 36.4 Å². The molecule has 0 unspecified atom stereocenters. The van der Waals surface area contributed by atoms with Crippen LogP contribution in [0.15, 0.2) is 65.6 Å². The second-order valence-electron chi connectivity index (χ2n) is 6.46. The van der Waals surface area contributed by atoms with Crippen LogP contribution in [0.2, 0.25) is 0 Å². The van der Waals surface area contributed by atoms with Crippen LogP contribution in [0, 0.1) is 0 Å². The first-order valence-corrected chi connectivity index (χ1v) is 9.08. The van der Waals surface area contributed by atoms with Gasteiger partial charge in [-0.05, 0) is 45.0 Å². The Hall–Kier alpha value is -2.34. The maximum absolute atomic E-state index is 13.0. The SMILES string of the molecule is CC(C)(C)NC(=O)CN(c1ccccc1)S(=O)(=O)c1ccccc1. The van der Waals surface area contributed by atoms with Gasteiger partial charge >= 0.3 is 0 Å². The Balaban J connectivity index is 2.39. The fourth-order valence-electron chi connectivity index (χ4n) is 2.22. The largest absolute Gasteiger partial charge is 0.350 e. The zero-order valence-corrected chi connectivity index (χ0v) is 14.9. The van der Waals surface area contributed by atoms with E-state index in [0.717, 1.165) is 4.31 Å². The Labute approximate surface area is 143 Å². The molecule has 2 aromatic carbocycles. The lowest BCUT2D eigenvalue weighted by Crippen LogP contribution is -2.47. The van der Waals surface area contributed by atoms with Crippen LogP contribution in [0.3, 0.4) is 0 Å². The molecule has 6 heteroatoms. The molecule has 0 aromatic heterocycles. The zero-order valence-electron chi connectivity index (χ0n) is 14.1. The van der Waals surface area contributed by atoms with Crippen molar-refractivity contribution >= 4 is 21.6 Å². The van der Waals surface area contributed by atoms with Gasteiger partial charge in [-0.15, -0.1) is 0 Å². The van der Waals surface area contributed by atoms with Gasteiger partial charge in [-0.3, -0.25) is 9.10 Å². The standard InChI is InChI=1S/C18H22N2O3S/c1-18(2,3)19-17(21)14-20(15-10-6-4-7-11-15)24(22,23)16-12-8-5-9-13-16/h4-13H,14H2,1-3H3,(H,19,21). The molecular weight excluding hydrogens is 324 g/mol. The topological polar surface area (TPSA) is 66.5 Å². The van der Waals surface area contributed by atoms with Crippen molar-refractivity contribution in [2.75, 3.05) is 10.8 Å². The van der Waals surface area contributed by atoms with Gasteiger partial charge < -0.3 is 5.32 Å². The van der Waals surface area contributed by atoms with Gasteiger partial charge in [0.1, 0.15) is 6.54 Å². The molecule has 0 aliphatic carbocycles. The van der Waals surface area contributed by atoms with Crippen LogP contribution >= 0.6 is 0 Å². The summed E-state index contributed by atoms with van der Waals surface area (Å²) in [5, 5.41) is 2.80. The Morgan fingerprint density at radius 1 is 0.958 bits per heavy atom. The van der Waals surface area contributed by atoms with E-state index in [1.807, 2.05) is 20.8 Å². The summed E-state index contributed by atoms with van der Waals surface area (Å²) in [4.78, 5) is 12.5. The molecule has 0 radical (unpaired) electrons. The normalized spacial score (nSPS) is 11.8. The van der Waals surface area contributed by atoms with E-state index in [-0.39, 0.29) is 17.3 Å². The Kier molecular flexibility index (Phi) is 5.29. The number of para-hydroxylation sites is 1. The van der Waals surface area contributed by atoms with Gasteiger partial charge in [-0.2, -0.15) is 0 Å². The molecule has 24 heavy (non-hydrogen) atoms. The molecule has 128 valence electrons. The van der Waals surface area contributed by atoms with Crippen molar-refractivity contribution in [1.29, 1.82) is 0 Å². The first-order valence-electron chi connectivity index (χ1n) is 7.64. The van der Waals surface area contributed by atoms with E-state index in [9.17, 15) is 13.2 Å². The number of anilines is 1. The molecule has 0 saturated carbocycles.